The Morgan fingerprint density at radius 3 is 2.71 bits per heavy atom. The van der Waals surface area contributed by atoms with E-state index in [0.717, 1.165) is 54.6 Å². The van der Waals surface area contributed by atoms with Crippen LogP contribution in [-0.2, 0) is 11.3 Å². The molecule has 3 aromatic rings. The highest BCUT2D eigenvalue weighted by molar-refractivity contribution is 7.13. The third-order valence-electron chi connectivity index (χ3n) is 4.98. The van der Waals surface area contributed by atoms with E-state index in [2.05, 4.69) is 14.9 Å². The van der Waals surface area contributed by atoms with Crippen molar-refractivity contribution >= 4 is 17.3 Å². The van der Waals surface area contributed by atoms with Crippen LogP contribution in [0.5, 0.6) is 0 Å². The molecule has 1 fully saturated rings. The minimum absolute atomic E-state index is 0.306. The Kier molecular flexibility index (Phi) is 5.73. The van der Waals surface area contributed by atoms with E-state index in [4.69, 9.17) is 9.72 Å². The van der Waals surface area contributed by atoms with Crippen molar-refractivity contribution in [3.05, 3.63) is 64.4 Å². The number of aromatic nitrogens is 3. The lowest BCUT2D eigenvalue weighted by atomic mass is 9.97. The van der Waals surface area contributed by atoms with Crippen molar-refractivity contribution < 1.29 is 9.53 Å². The third kappa shape index (κ3) is 4.26. The van der Waals surface area contributed by atoms with Gasteiger partial charge in [0.15, 0.2) is 5.82 Å². The molecule has 6 nitrogen and oxygen atoms in total. The molecule has 28 heavy (non-hydrogen) atoms. The van der Waals surface area contributed by atoms with E-state index in [1.807, 2.05) is 42.6 Å². The van der Waals surface area contributed by atoms with Gasteiger partial charge in [-0.15, -0.1) is 11.3 Å². The Morgan fingerprint density at radius 2 is 1.96 bits per heavy atom. The van der Waals surface area contributed by atoms with E-state index < -0.39 is 0 Å². The second-order valence-corrected chi connectivity index (χ2v) is 7.90. The Balaban J connectivity index is 1.36. The Morgan fingerprint density at radius 1 is 1.18 bits per heavy atom. The van der Waals surface area contributed by atoms with Gasteiger partial charge in [0.2, 0.25) is 0 Å². The molecule has 1 aromatic carbocycles. The van der Waals surface area contributed by atoms with E-state index in [-0.39, 0.29) is 5.97 Å². The quantitative estimate of drug-likeness (QED) is 0.614. The van der Waals surface area contributed by atoms with Crippen molar-refractivity contribution in [2.75, 3.05) is 20.2 Å². The summed E-state index contributed by atoms with van der Waals surface area (Å²) in [6.07, 6.45) is 5.53. The van der Waals surface area contributed by atoms with Crippen LogP contribution >= 0.6 is 11.3 Å². The number of ether oxygens (including phenoxy) is 1. The van der Waals surface area contributed by atoms with Crippen molar-refractivity contribution in [2.45, 2.75) is 25.3 Å². The molecule has 0 radical (unpaired) electrons. The van der Waals surface area contributed by atoms with Gasteiger partial charge in [0.1, 0.15) is 4.88 Å². The standard InChI is InChI=1S/C21H22N4O2S/c1-27-21(26)18-13-23-20(28-18)16-8-11-25(12-9-16)14-17-7-10-22-19(24-17)15-5-3-2-4-6-15/h2-7,10,13,16H,8-9,11-12,14H2,1H3. The van der Waals surface area contributed by atoms with E-state index in [1.165, 1.54) is 18.4 Å². The van der Waals surface area contributed by atoms with Gasteiger partial charge >= 0.3 is 5.97 Å². The lowest BCUT2D eigenvalue weighted by Gasteiger charge is -2.30. The van der Waals surface area contributed by atoms with Gasteiger partial charge in [0, 0.05) is 24.2 Å². The van der Waals surface area contributed by atoms with Crippen LogP contribution in [0.1, 0.15) is 39.1 Å². The van der Waals surface area contributed by atoms with Crippen LogP contribution in [0.3, 0.4) is 0 Å². The number of esters is 1. The van der Waals surface area contributed by atoms with Gasteiger partial charge in [-0.1, -0.05) is 30.3 Å². The number of carbonyl (C=O) groups excluding carboxylic acids is 1. The van der Waals surface area contributed by atoms with Crippen LogP contribution in [0.15, 0.2) is 48.8 Å². The lowest BCUT2D eigenvalue weighted by molar-refractivity contribution is 0.0606. The van der Waals surface area contributed by atoms with Gasteiger partial charge in [-0.05, 0) is 32.0 Å². The number of benzene rings is 1. The average Bonchev–Trinajstić information content (AvgIpc) is 3.25. The predicted molar refractivity (Wildman–Crippen MR) is 108 cm³/mol. The highest BCUT2D eigenvalue weighted by atomic mass is 32.1. The van der Waals surface area contributed by atoms with Crippen molar-refractivity contribution in [2.24, 2.45) is 0 Å². The number of rotatable bonds is 5. The summed E-state index contributed by atoms with van der Waals surface area (Å²) in [5, 5.41) is 1.04. The zero-order chi connectivity index (χ0) is 19.3. The SMILES string of the molecule is COC(=O)c1cnc(C2CCN(Cc3ccnc(-c4ccccc4)n3)CC2)s1. The maximum Gasteiger partial charge on any atom is 0.349 e. The highest BCUT2D eigenvalue weighted by Gasteiger charge is 2.24. The van der Waals surface area contributed by atoms with E-state index in [1.54, 1.807) is 6.20 Å². The van der Waals surface area contributed by atoms with Gasteiger partial charge in [0.05, 0.1) is 24.0 Å². The van der Waals surface area contributed by atoms with Crippen molar-refractivity contribution in [3.63, 3.8) is 0 Å². The van der Waals surface area contributed by atoms with Gasteiger partial charge in [-0.3, -0.25) is 4.90 Å². The third-order valence-corrected chi connectivity index (χ3v) is 6.12. The summed E-state index contributed by atoms with van der Waals surface area (Å²) in [6.45, 7) is 2.80. The van der Waals surface area contributed by atoms with Crippen LogP contribution in [-0.4, -0.2) is 46.0 Å². The minimum Gasteiger partial charge on any atom is -0.465 e. The number of carbonyl (C=O) groups is 1. The Hall–Kier alpha value is -2.64. The molecule has 0 aliphatic carbocycles. The summed E-state index contributed by atoms with van der Waals surface area (Å²) < 4.78 is 4.77. The largest absolute Gasteiger partial charge is 0.465 e. The van der Waals surface area contributed by atoms with Crippen LogP contribution in [0, 0.1) is 0 Å². The van der Waals surface area contributed by atoms with Gasteiger partial charge in [-0.2, -0.15) is 0 Å². The fourth-order valence-electron chi connectivity index (χ4n) is 3.45. The molecule has 0 unspecified atom stereocenters. The topological polar surface area (TPSA) is 68.2 Å². The summed E-state index contributed by atoms with van der Waals surface area (Å²) in [5.74, 6) is 0.871. The zero-order valence-electron chi connectivity index (χ0n) is 15.7. The number of piperidine rings is 1. The van der Waals surface area contributed by atoms with Crippen LogP contribution in [0.25, 0.3) is 11.4 Å². The fourth-order valence-corrected chi connectivity index (χ4v) is 4.45. The second kappa shape index (κ2) is 8.58. The maximum atomic E-state index is 11.6. The first kappa shape index (κ1) is 18.7. The van der Waals surface area contributed by atoms with Crippen molar-refractivity contribution in [1.82, 2.24) is 19.9 Å². The number of thiazole rings is 1. The van der Waals surface area contributed by atoms with Crippen molar-refractivity contribution in [3.8, 4) is 11.4 Å². The molecular weight excluding hydrogens is 372 g/mol. The molecule has 0 atom stereocenters. The summed E-state index contributed by atoms with van der Waals surface area (Å²) in [7, 11) is 1.40. The van der Waals surface area contributed by atoms with E-state index >= 15 is 0 Å². The van der Waals surface area contributed by atoms with Gasteiger partial charge in [-0.25, -0.2) is 19.7 Å². The molecular formula is C21H22N4O2S. The van der Waals surface area contributed by atoms with Crippen LogP contribution in [0.4, 0.5) is 0 Å². The average molecular weight is 395 g/mol. The predicted octanol–water partition coefficient (Wildman–Crippen LogP) is 3.77. The first-order valence-corrected chi connectivity index (χ1v) is 10.2. The van der Waals surface area contributed by atoms with Crippen LogP contribution < -0.4 is 0 Å². The molecule has 0 bridgehead atoms. The smallest absolute Gasteiger partial charge is 0.349 e. The summed E-state index contributed by atoms with van der Waals surface area (Å²) >= 11 is 1.45. The molecule has 0 saturated carbocycles. The molecule has 7 heteroatoms. The van der Waals surface area contributed by atoms with Crippen molar-refractivity contribution in [1.29, 1.82) is 0 Å². The molecule has 0 amide bonds. The monoisotopic (exact) mass is 394 g/mol. The Bertz CT molecular complexity index is 936. The number of hydrogen-bond donors (Lipinski definition) is 0. The first-order valence-electron chi connectivity index (χ1n) is 9.36. The second-order valence-electron chi connectivity index (χ2n) is 6.84. The maximum absolute atomic E-state index is 11.6. The summed E-state index contributed by atoms with van der Waals surface area (Å²) in [6, 6.07) is 12.0. The minimum atomic E-state index is -0.306. The first-order chi connectivity index (χ1) is 13.7. The Labute approximate surface area is 168 Å². The lowest BCUT2D eigenvalue weighted by Crippen LogP contribution is -2.32. The fraction of sp³-hybridized carbons (Fsp3) is 0.333. The zero-order valence-corrected chi connectivity index (χ0v) is 16.6. The summed E-state index contributed by atoms with van der Waals surface area (Å²) in [4.78, 5) is 28.2. The van der Waals surface area contributed by atoms with Gasteiger partial charge in [0.25, 0.3) is 0 Å². The molecule has 3 heterocycles. The normalized spacial score (nSPS) is 15.5. The number of methoxy groups -OCH3 is 1. The number of nitrogens with zero attached hydrogens (tertiary/aromatic N) is 4. The number of likely N-dealkylation sites (tertiary alicyclic amines) is 1. The van der Waals surface area contributed by atoms with E-state index in [0.29, 0.717) is 10.8 Å². The number of hydrogen-bond acceptors (Lipinski definition) is 7. The molecule has 4 rings (SSSR count). The molecule has 2 aromatic heterocycles. The highest BCUT2D eigenvalue weighted by Crippen LogP contribution is 2.31. The molecule has 0 spiro atoms. The molecule has 1 saturated heterocycles. The molecule has 144 valence electrons. The molecule has 0 N–H and O–H groups in total. The van der Waals surface area contributed by atoms with E-state index in [9.17, 15) is 4.79 Å². The molecule has 1 aliphatic heterocycles. The van der Waals surface area contributed by atoms with Gasteiger partial charge < -0.3 is 4.74 Å². The van der Waals surface area contributed by atoms with Crippen LogP contribution in [0.2, 0.25) is 0 Å². The summed E-state index contributed by atoms with van der Waals surface area (Å²) in [5.41, 5.74) is 2.07. The molecule has 1 aliphatic rings.